The molecule has 0 spiro atoms. The highest BCUT2D eigenvalue weighted by molar-refractivity contribution is 7.98. The number of aliphatic carboxylic acids is 4. The van der Waals surface area contributed by atoms with Crippen LogP contribution in [0.3, 0.4) is 0 Å². The van der Waals surface area contributed by atoms with Crippen LogP contribution in [0.25, 0.3) is 10.9 Å². The molecule has 102 heavy (non-hydrogen) atoms. The first-order valence-electron chi connectivity index (χ1n) is 32.4. The topological polar surface area (TPSA) is 544 Å². The van der Waals surface area contributed by atoms with E-state index < -0.39 is 177 Å². The van der Waals surface area contributed by atoms with Gasteiger partial charge in [0.05, 0.1) is 52.4 Å². The number of nitrogens with zero attached hydrogens (tertiary/aromatic N) is 4. The van der Waals surface area contributed by atoms with Crippen molar-refractivity contribution in [2.45, 2.75) is 87.4 Å². The number of aromatic hydroxyl groups is 1. The number of aliphatic hydroxyl groups is 2. The largest absolute Gasteiger partial charge is 0.508 e. The normalized spacial score (nSPS) is 15.8. The van der Waals surface area contributed by atoms with Gasteiger partial charge in [-0.15, -0.1) is 0 Å². The fourth-order valence-corrected chi connectivity index (χ4v) is 11.2. The van der Waals surface area contributed by atoms with E-state index in [1.165, 1.54) is 52.8 Å². The van der Waals surface area contributed by atoms with E-state index in [0.29, 0.717) is 27.6 Å². The molecule has 0 aliphatic carbocycles. The Labute approximate surface area is 589 Å². The number of fused-ring (bicyclic) bond motifs is 1. The number of nitrogens with two attached hydrogens (primary N) is 1. The molecule has 3 aromatic carbocycles. The number of rotatable bonds is 39. The molecule has 1 aromatic heterocycles. The molecular weight excluding hydrogens is 1360 g/mol. The second kappa shape index (κ2) is 42.1. The molecule has 1 aliphatic rings. The number of amides is 10. The van der Waals surface area contributed by atoms with Crippen LogP contribution in [0.4, 0.5) is 0 Å². The number of phenols is 1. The maximum Gasteiger partial charge on any atom is 0.317 e. The molecule has 556 valence electrons. The maximum absolute atomic E-state index is 14.5. The first-order valence-corrected chi connectivity index (χ1v) is 33.8. The lowest BCUT2D eigenvalue weighted by atomic mass is 10.0. The van der Waals surface area contributed by atoms with E-state index >= 15 is 0 Å². The summed E-state index contributed by atoms with van der Waals surface area (Å²) in [5.41, 5.74) is 7.78. The van der Waals surface area contributed by atoms with E-state index in [4.69, 9.17) is 5.73 Å². The summed E-state index contributed by atoms with van der Waals surface area (Å²) in [5.74, 6) is -14.9. The quantitative estimate of drug-likeness (QED) is 0.0198. The van der Waals surface area contributed by atoms with Crippen molar-refractivity contribution >= 4 is 106 Å². The minimum Gasteiger partial charge on any atom is -0.508 e. The molecule has 10 amide bonds. The molecule has 1 saturated heterocycles. The molecule has 0 unspecified atom stereocenters. The summed E-state index contributed by atoms with van der Waals surface area (Å²) < 4.78 is 0. The first kappa shape index (κ1) is 82.4. The Bertz CT molecular complexity index is 3520. The Morgan fingerprint density at radius 3 is 1.44 bits per heavy atom. The monoisotopic (exact) mass is 1450 g/mol. The number of aliphatic hydroxyl groups excluding tert-OH is 2. The van der Waals surface area contributed by atoms with Gasteiger partial charge in [-0.2, -0.15) is 11.8 Å². The van der Waals surface area contributed by atoms with Crippen LogP contribution in [-0.4, -0.2) is 302 Å². The number of nitrogens with one attached hydrogen (secondary N) is 10. The van der Waals surface area contributed by atoms with Gasteiger partial charge >= 0.3 is 23.9 Å². The number of hydrogen-bond donors (Lipinski definition) is 18. The molecule has 37 heteroatoms. The van der Waals surface area contributed by atoms with Gasteiger partial charge in [-0.1, -0.05) is 60.7 Å². The average molecular weight is 1450 g/mol. The molecule has 5 rings (SSSR count). The molecule has 8 atom stereocenters. The fraction of sp³-hybridized carbons (Fsp3) is 0.477. The number of thioether (sulfide) groups is 1. The predicted molar refractivity (Wildman–Crippen MR) is 365 cm³/mol. The molecule has 0 bridgehead atoms. The van der Waals surface area contributed by atoms with Crippen molar-refractivity contribution in [1.29, 1.82) is 0 Å². The zero-order chi connectivity index (χ0) is 75.0. The van der Waals surface area contributed by atoms with Crippen molar-refractivity contribution < 1.29 is 103 Å². The van der Waals surface area contributed by atoms with Crippen molar-refractivity contribution in [3.05, 3.63) is 102 Å². The Morgan fingerprint density at radius 1 is 0.471 bits per heavy atom. The number of carbonyl (C=O) groups is 14. The Morgan fingerprint density at radius 2 is 0.902 bits per heavy atom. The van der Waals surface area contributed by atoms with Crippen LogP contribution in [-0.2, 0) is 86.4 Å². The number of carboxylic acids is 4. The van der Waals surface area contributed by atoms with Crippen molar-refractivity contribution in [1.82, 2.24) is 72.4 Å². The van der Waals surface area contributed by atoms with E-state index in [2.05, 4.69) is 52.8 Å². The molecule has 2 heterocycles. The van der Waals surface area contributed by atoms with Crippen LogP contribution in [0.15, 0.2) is 85.1 Å². The Balaban J connectivity index is 1.26. The van der Waals surface area contributed by atoms with Crippen molar-refractivity contribution in [3.63, 3.8) is 0 Å². The van der Waals surface area contributed by atoms with Crippen molar-refractivity contribution in [2.75, 3.05) is 110 Å². The second-order valence-corrected chi connectivity index (χ2v) is 25.0. The molecule has 19 N–H and O–H groups in total. The molecule has 0 radical (unpaired) electrons. The zero-order valence-corrected chi connectivity index (χ0v) is 57.0. The van der Waals surface area contributed by atoms with Crippen LogP contribution in [0.2, 0.25) is 0 Å². The summed E-state index contributed by atoms with van der Waals surface area (Å²) >= 11 is 1.29. The summed E-state index contributed by atoms with van der Waals surface area (Å²) in [6.07, 6.45) is 1.72. The van der Waals surface area contributed by atoms with Gasteiger partial charge in [0.2, 0.25) is 59.1 Å². The number of hydrogen-bond acceptors (Lipinski definition) is 22. The number of carbonyl (C=O) groups excluding carboxylic acids is 10. The number of aromatic nitrogens is 1. The second-order valence-electron chi connectivity index (χ2n) is 24.1. The lowest BCUT2D eigenvalue weighted by Crippen LogP contribution is -2.60. The van der Waals surface area contributed by atoms with Crippen LogP contribution in [0.1, 0.15) is 36.5 Å². The lowest BCUT2D eigenvalue weighted by Gasteiger charge is -2.33. The SMILES string of the molecule is CSCC[C@H](NC(=O)[C@H](Cc1c[nH]c2ccccc12)NC(=O)CNC(=O)[C@H](Cc1ccc(O)cc1)NC(=O)[C@H](C)NC(=O)[C@@H](CO)NC(=O)[C@@H](CO)NC(=O)CN1CCN(CC(=O)O)CCN(CC(=O)O)CCN(CC(=O)O)CC1)C(=O)N[C@@H](CC(=O)O)C(=O)N[C@@H](Cc1ccccc1)C(N)=O. The number of H-pyrrole nitrogens is 1. The molecule has 1 aliphatic heterocycles. The fourth-order valence-electron chi connectivity index (χ4n) is 10.7. The molecule has 0 saturated carbocycles. The van der Waals surface area contributed by atoms with Crippen molar-refractivity contribution in [3.8, 4) is 5.75 Å². The van der Waals surface area contributed by atoms with E-state index in [9.17, 15) is 103 Å². The Kier molecular flexibility index (Phi) is 34.0. The number of para-hydroxylation sites is 1. The van der Waals surface area contributed by atoms with E-state index in [0.717, 1.165) is 0 Å². The molecule has 1 fully saturated rings. The molecule has 4 aromatic rings. The number of aromatic amines is 1. The summed E-state index contributed by atoms with van der Waals surface area (Å²) in [6, 6.07) is 8.26. The van der Waals surface area contributed by atoms with Gasteiger partial charge in [0.1, 0.15) is 54.1 Å². The predicted octanol–water partition coefficient (Wildman–Crippen LogP) is -5.91. The average Bonchev–Trinajstić information content (AvgIpc) is 1.62. The van der Waals surface area contributed by atoms with Crippen molar-refractivity contribution in [2.24, 2.45) is 5.73 Å². The van der Waals surface area contributed by atoms with Crippen LogP contribution in [0.5, 0.6) is 5.75 Å². The van der Waals surface area contributed by atoms with Gasteiger partial charge in [-0.3, -0.25) is 86.7 Å². The highest BCUT2D eigenvalue weighted by Gasteiger charge is 2.35. The van der Waals surface area contributed by atoms with Crippen LogP contribution >= 0.6 is 11.8 Å². The smallest absolute Gasteiger partial charge is 0.317 e. The van der Waals surface area contributed by atoms with Crippen LogP contribution < -0.4 is 53.6 Å². The number of phenolic OH excluding ortho intramolecular Hbond substituents is 1. The highest BCUT2D eigenvalue weighted by Crippen LogP contribution is 2.20. The Hall–Kier alpha value is -10.3. The zero-order valence-electron chi connectivity index (χ0n) is 56.2. The summed E-state index contributed by atoms with van der Waals surface area (Å²) in [5, 5.41) is 91.4. The lowest BCUT2D eigenvalue weighted by molar-refractivity contribution is -0.141. The standard InChI is InChI=1S/C65H89N15O21S/c1-38(69-64(100)51(37-82)76-65(101)50(36-81)71-53(85)32-77-17-19-78(33-55(88)89)21-23-80(35-57(92)93)24-22-79(20-18-77)34-56(90)91)59(95)74-47(27-40-12-14-42(83)15-13-40)60(96)68-31-52(84)70-48(28-41-30-67-44-11-7-6-10-43(41)44)62(98)72-45(16-25-102-2)61(97)75-49(29-54(86)87)63(99)73-46(58(66)94)26-39-8-4-3-5-9-39/h3-15,30,38,45-51,67,81-83H,16-29,31-37H2,1-2H3,(H2,66,94)(H,68,96)(H,69,100)(H,70,84)(H,71,85)(H,72,98)(H,73,99)(H,74,95)(H,75,97)(H,76,101)(H,86,87)(H,88,89)(H,90,91)(H,92,93)/t38-,45-,46-,47-,48-,49-,50+,51+/m0/s1. The summed E-state index contributed by atoms with van der Waals surface area (Å²) in [7, 11) is 0. The number of benzene rings is 3. The van der Waals surface area contributed by atoms with E-state index in [1.54, 1.807) is 76.8 Å². The van der Waals surface area contributed by atoms with E-state index in [-0.39, 0.29) is 96.1 Å². The molecular formula is C65H89N15O21S. The van der Waals surface area contributed by atoms with Gasteiger partial charge < -0.3 is 94.3 Å². The third-order valence-electron chi connectivity index (χ3n) is 16.2. The van der Waals surface area contributed by atoms with Gasteiger partial charge in [0.25, 0.3) is 0 Å². The van der Waals surface area contributed by atoms with Crippen LogP contribution in [0, 0.1) is 0 Å². The van der Waals surface area contributed by atoms with Gasteiger partial charge in [0.15, 0.2) is 0 Å². The third-order valence-corrected chi connectivity index (χ3v) is 16.8. The summed E-state index contributed by atoms with van der Waals surface area (Å²) in [4.78, 5) is 194. The maximum atomic E-state index is 14.5. The van der Waals surface area contributed by atoms with Gasteiger partial charge in [-0.05, 0) is 60.2 Å². The number of carboxylic acid groups (broad SMARTS) is 4. The minimum atomic E-state index is -1.82. The molecule has 36 nitrogen and oxygen atoms in total. The van der Waals surface area contributed by atoms with E-state index in [1.807, 2.05) is 0 Å². The number of primary amides is 1. The minimum absolute atomic E-state index is 0.0333. The first-order chi connectivity index (χ1) is 48.5. The summed E-state index contributed by atoms with van der Waals surface area (Å²) in [6.45, 7) is -2.87. The highest BCUT2D eigenvalue weighted by atomic mass is 32.2. The van der Waals surface area contributed by atoms with Gasteiger partial charge in [-0.25, -0.2) is 0 Å². The third kappa shape index (κ3) is 28.7. The van der Waals surface area contributed by atoms with Gasteiger partial charge in [0, 0.05) is 88.7 Å².